The number of alkyl halides is 3. The first kappa shape index (κ1) is 17.1. The number of aromatic nitrogens is 2. The Hall–Kier alpha value is -3.29. The molecular weight excluding hydrogens is 359 g/mol. The van der Waals surface area contributed by atoms with E-state index in [2.05, 4.69) is 4.98 Å². The molecule has 4 rings (SSSR count). The summed E-state index contributed by atoms with van der Waals surface area (Å²) < 4.78 is 45.9. The molecule has 0 unspecified atom stereocenters. The Kier molecular flexibility index (Phi) is 3.73. The molecule has 0 atom stereocenters. The number of hydrogen-bond acceptors (Lipinski definition) is 4. The predicted molar refractivity (Wildman–Crippen MR) is 96.6 cm³/mol. The fourth-order valence-electron chi connectivity index (χ4n) is 3.28. The number of nitrogens with zero attached hydrogens (tertiary/aromatic N) is 2. The van der Waals surface area contributed by atoms with Gasteiger partial charge in [-0.1, -0.05) is 30.3 Å². The van der Waals surface area contributed by atoms with Gasteiger partial charge in [-0.3, -0.25) is 0 Å². The highest BCUT2D eigenvalue weighted by molar-refractivity contribution is 6.20. The Morgan fingerprint density at radius 2 is 1.85 bits per heavy atom. The van der Waals surface area contributed by atoms with E-state index in [-0.39, 0.29) is 17.9 Å². The van der Waals surface area contributed by atoms with Crippen molar-refractivity contribution in [3.8, 4) is 0 Å². The van der Waals surface area contributed by atoms with Gasteiger partial charge in [-0.25, -0.2) is 14.3 Å². The van der Waals surface area contributed by atoms with Gasteiger partial charge in [0.2, 0.25) is 0 Å². The minimum atomic E-state index is -4.54. The van der Waals surface area contributed by atoms with Crippen molar-refractivity contribution in [1.29, 1.82) is 0 Å². The first-order chi connectivity index (χ1) is 12.8. The summed E-state index contributed by atoms with van der Waals surface area (Å²) in [4.78, 5) is 17.0. The molecule has 0 amide bonds. The van der Waals surface area contributed by atoms with Gasteiger partial charge in [0, 0.05) is 16.2 Å². The number of fused-ring (bicyclic) bond motifs is 5. The molecule has 0 saturated heterocycles. The Morgan fingerprint density at radius 3 is 2.52 bits per heavy atom. The number of ether oxygens (including phenoxy) is 1. The zero-order chi connectivity index (χ0) is 19.3. The number of pyridine rings is 1. The molecule has 0 radical (unpaired) electrons. The lowest BCUT2D eigenvalue weighted by molar-refractivity contribution is -0.137. The van der Waals surface area contributed by atoms with E-state index >= 15 is 0 Å². The monoisotopic (exact) mass is 373 g/mol. The Bertz CT molecular complexity index is 1210. The van der Waals surface area contributed by atoms with Crippen LogP contribution in [0.25, 0.3) is 32.7 Å². The van der Waals surface area contributed by atoms with Crippen LogP contribution in [0.15, 0.2) is 42.5 Å². The number of halogens is 3. The Balaban J connectivity index is 2.23. The lowest BCUT2D eigenvalue weighted by Crippen LogP contribution is -2.14. The van der Waals surface area contributed by atoms with Crippen LogP contribution in [0.2, 0.25) is 0 Å². The van der Waals surface area contributed by atoms with E-state index in [9.17, 15) is 18.0 Å². The maximum atomic E-state index is 13.2. The van der Waals surface area contributed by atoms with Crippen LogP contribution in [0.1, 0.15) is 12.5 Å². The Morgan fingerprint density at radius 1 is 1.15 bits per heavy atom. The first-order valence-electron chi connectivity index (χ1n) is 8.19. The summed E-state index contributed by atoms with van der Waals surface area (Å²) in [6.45, 7) is 1.71. The maximum Gasteiger partial charge on any atom is 0.419 e. The third kappa shape index (κ3) is 2.56. The van der Waals surface area contributed by atoms with Gasteiger partial charge in [-0.15, -0.1) is 0 Å². The van der Waals surface area contributed by atoms with Gasteiger partial charge in [-0.05, 0) is 19.1 Å². The second-order valence-corrected chi connectivity index (χ2v) is 6.00. The summed E-state index contributed by atoms with van der Waals surface area (Å²) in [5.41, 5.74) is 5.97. The van der Waals surface area contributed by atoms with Crippen molar-refractivity contribution < 1.29 is 22.7 Å². The van der Waals surface area contributed by atoms with Crippen LogP contribution in [0.4, 0.5) is 23.8 Å². The van der Waals surface area contributed by atoms with E-state index in [0.29, 0.717) is 27.2 Å². The van der Waals surface area contributed by atoms with Crippen molar-refractivity contribution >= 4 is 44.6 Å². The molecule has 2 heterocycles. The molecule has 2 aromatic carbocycles. The number of hydrogen-bond donors (Lipinski definition) is 1. The molecule has 5 nitrogen and oxygen atoms in total. The van der Waals surface area contributed by atoms with Crippen molar-refractivity contribution in [3.63, 3.8) is 0 Å². The summed E-state index contributed by atoms with van der Waals surface area (Å²) in [6, 6.07) is 10.2. The van der Waals surface area contributed by atoms with Crippen LogP contribution in [-0.4, -0.2) is 22.3 Å². The summed E-state index contributed by atoms with van der Waals surface area (Å²) in [6.07, 6.45) is -5.31. The molecule has 4 aromatic rings. The molecule has 0 spiro atoms. The standard InChI is InChI=1S/C19H14F3N3O2/c1-2-27-18(26)25-14-9-10(19(20,21)22)7-8-13(14)15-16(25)11-5-3-4-6-12(11)17(23)24-15/h3-9H,2H2,1H3,(H2,23,24). The second-order valence-electron chi connectivity index (χ2n) is 6.00. The van der Waals surface area contributed by atoms with Crippen LogP contribution < -0.4 is 5.73 Å². The lowest BCUT2D eigenvalue weighted by atomic mass is 10.1. The summed E-state index contributed by atoms with van der Waals surface area (Å²) >= 11 is 0. The minimum absolute atomic E-state index is 0.0709. The van der Waals surface area contributed by atoms with Crippen molar-refractivity contribution in [2.45, 2.75) is 13.1 Å². The van der Waals surface area contributed by atoms with Gasteiger partial charge >= 0.3 is 12.3 Å². The average Bonchev–Trinajstić information content (AvgIpc) is 2.95. The molecular formula is C19H14F3N3O2. The zero-order valence-electron chi connectivity index (χ0n) is 14.2. The highest BCUT2D eigenvalue weighted by atomic mass is 19.4. The van der Waals surface area contributed by atoms with E-state index in [1.54, 1.807) is 31.2 Å². The molecule has 8 heteroatoms. The number of rotatable bonds is 1. The lowest BCUT2D eigenvalue weighted by Gasteiger charge is -2.10. The van der Waals surface area contributed by atoms with Crippen molar-refractivity contribution in [3.05, 3.63) is 48.0 Å². The normalized spacial score (nSPS) is 12.1. The van der Waals surface area contributed by atoms with Gasteiger partial charge < -0.3 is 10.5 Å². The van der Waals surface area contributed by atoms with Crippen molar-refractivity contribution in [2.24, 2.45) is 0 Å². The molecule has 2 aromatic heterocycles. The SMILES string of the molecule is CCOC(=O)n1c2cc(C(F)(F)F)ccc2c2nc(N)c3ccccc3c21. The topological polar surface area (TPSA) is 70.1 Å². The molecule has 27 heavy (non-hydrogen) atoms. The molecule has 2 N–H and O–H groups in total. The summed E-state index contributed by atoms with van der Waals surface area (Å²) in [5, 5.41) is 1.61. The number of benzene rings is 2. The third-order valence-electron chi connectivity index (χ3n) is 4.41. The van der Waals surface area contributed by atoms with Crippen LogP contribution >= 0.6 is 0 Å². The maximum absolute atomic E-state index is 13.2. The average molecular weight is 373 g/mol. The van der Waals surface area contributed by atoms with E-state index in [1.807, 2.05) is 0 Å². The van der Waals surface area contributed by atoms with Crippen LogP contribution in [0.5, 0.6) is 0 Å². The number of nitrogen functional groups attached to an aromatic ring is 1. The molecule has 138 valence electrons. The van der Waals surface area contributed by atoms with E-state index < -0.39 is 17.8 Å². The fraction of sp³-hybridized carbons (Fsp3) is 0.158. The smallest absolute Gasteiger partial charge is 0.419 e. The van der Waals surface area contributed by atoms with Gasteiger partial charge in [0.15, 0.2) is 0 Å². The van der Waals surface area contributed by atoms with Crippen LogP contribution in [0.3, 0.4) is 0 Å². The molecule has 0 aliphatic rings. The number of nitrogens with two attached hydrogens (primary N) is 1. The largest absolute Gasteiger partial charge is 0.449 e. The number of anilines is 1. The van der Waals surface area contributed by atoms with Crippen molar-refractivity contribution in [2.75, 3.05) is 12.3 Å². The van der Waals surface area contributed by atoms with Crippen LogP contribution in [0, 0.1) is 0 Å². The van der Waals surface area contributed by atoms with E-state index in [4.69, 9.17) is 10.5 Å². The van der Waals surface area contributed by atoms with Gasteiger partial charge in [0.25, 0.3) is 0 Å². The predicted octanol–water partition coefficient (Wildman–Crippen LogP) is 4.95. The first-order valence-corrected chi connectivity index (χ1v) is 8.19. The highest BCUT2D eigenvalue weighted by Gasteiger charge is 2.32. The van der Waals surface area contributed by atoms with Gasteiger partial charge in [-0.2, -0.15) is 13.2 Å². The van der Waals surface area contributed by atoms with Gasteiger partial charge in [0.05, 0.1) is 28.7 Å². The molecule has 0 saturated carbocycles. The number of carbonyl (C=O) groups is 1. The molecule has 0 aliphatic carbocycles. The molecule has 0 bridgehead atoms. The summed E-state index contributed by atoms with van der Waals surface area (Å²) in [7, 11) is 0. The third-order valence-corrected chi connectivity index (χ3v) is 4.41. The summed E-state index contributed by atoms with van der Waals surface area (Å²) in [5.74, 6) is 0.237. The Labute approximate surface area is 151 Å². The molecule has 0 fully saturated rings. The van der Waals surface area contributed by atoms with Crippen LogP contribution in [-0.2, 0) is 10.9 Å². The zero-order valence-corrected chi connectivity index (χ0v) is 14.2. The number of carbonyl (C=O) groups excluding carboxylic acids is 1. The quantitative estimate of drug-likeness (QED) is 0.513. The van der Waals surface area contributed by atoms with E-state index in [1.165, 1.54) is 6.07 Å². The fourth-order valence-corrected chi connectivity index (χ4v) is 3.28. The molecule has 0 aliphatic heterocycles. The second kappa shape index (κ2) is 5.87. The van der Waals surface area contributed by atoms with Crippen molar-refractivity contribution in [1.82, 2.24) is 9.55 Å². The van der Waals surface area contributed by atoms with Gasteiger partial charge in [0.1, 0.15) is 5.82 Å². The minimum Gasteiger partial charge on any atom is -0.449 e. The van der Waals surface area contributed by atoms with E-state index in [0.717, 1.165) is 16.7 Å². The highest BCUT2D eigenvalue weighted by Crippen LogP contribution is 2.38.